The number of benzene rings is 1. The highest BCUT2D eigenvalue weighted by molar-refractivity contribution is 7.89. The van der Waals surface area contributed by atoms with Crippen LogP contribution in [0.2, 0.25) is 0 Å². The number of nitrogens with one attached hydrogen (secondary N) is 1. The van der Waals surface area contributed by atoms with Crippen LogP contribution >= 0.6 is 0 Å². The van der Waals surface area contributed by atoms with Crippen molar-refractivity contribution in [1.29, 1.82) is 0 Å². The van der Waals surface area contributed by atoms with E-state index in [2.05, 4.69) is 4.72 Å². The summed E-state index contributed by atoms with van der Waals surface area (Å²) >= 11 is 0. The van der Waals surface area contributed by atoms with Crippen molar-refractivity contribution in [3.63, 3.8) is 0 Å². The van der Waals surface area contributed by atoms with E-state index in [1.165, 1.54) is 19.2 Å². The van der Waals surface area contributed by atoms with Crippen molar-refractivity contribution < 1.29 is 18.3 Å². The predicted octanol–water partition coefficient (Wildman–Crippen LogP) is 2.04. The van der Waals surface area contributed by atoms with Crippen LogP contribution in [-0.4, -0.2) is 26.2 Å². The summed E-state index contributed by atoms with van der Waals surface area (Å²) in [7, 11) is -2.26. The lowest BCUT2D eigenvalue weighted by Crippen LogP contribution is -2.43. The minimum atomic E-state index is -3.66. The van der Waals surface area contributed by atoms with Crippen LogP contribution in [0.1, 0.15) is 39.2 Å². The Morgan fingerprint density at radius 1 is 1.35 bits per heavy atom. The molecule has 1 aromatic carbocycles. The summed E-state index contributed by atoms with van der Waals surface area (Å²) in [6.07, 6.45) is 1.62. The average Bonchev–Trinajstić information content (AvgIpc) is 2.36. The van der Waals surface area contributed by atoms with Crippen LogP contribution in [0.4, 0.5) is 0 Å². The number of sulfonamides is 1. The largest absolute Gasteiger partial charge is 0.495 e. The van der Waals surface area contributed by atoms with Crippen molar-refractivity contribution >= 4 is 10.0 Å². The van der Waals surface area contributed by atoms with Gasteiger partial charge in [0.05, 0.1) is 13.7 Å². The lowest BCUT2D eigenvalue weighted by molar-refractivity contribution is 0.280. The van der Waals surface area contributed by atoms with E-state index in [0.29, 0.717) is 5.56 Å². The Morgan fingerprint density at radius 3 is 2.50 bits per heavy atom. The zero-order valence-corrected chi connectivity index (χ0v) is 13.3. The highest BCUT2D eigenvalue weighted by Gasteiger charge is 2.27. The van der Waals surface area contributed by atoms with Gasteiger partial charge in [-0.05, 0) is 38.0 Å². The van der Waals surface area contributed by atoms with Gasteiger partial charge in [-0.1, -0.05) is 19.4 Å². The molecule has 0 bridgehead atoms. The molecule has 0 heterocycles. The molecule has 0 aliphatic carbocycles. The van der Waals surface area contributed by atoms with Crippen LogP contribution in [0.3, 0.4) is 0 Å². The Balaban J connectivity index is 3.15. The van der Waals surface area contributed by atoms with Gasteiger partial charge in [-0.25, -0.2) is 13.1 Å². The quantitative estimate of drug-likeness (QED) is 0.808. The molecule has 0 spiro atoms. The van der Waals surface area contributed by atoms with Crippen LogP contribution in [0, 0.1) is 0 Å². The first-order valence-corrected chi connectivity index (χ1v) is 8.06. The molecule has 1 rings (SSSR count). The van der Waals surface area contributed by atoms with Gasteiger partial charge < -0.3 is 9.84 Å². The number of methoxy groups -OCH3 is 1. The van der Waals surface area contributed by atoms with Gasteiger partial charge in [0.25, 0.3) is 0 Å². The van der Waals surface area contributed by atoms with E-state index in [9.17, 15) is 8.42 Å². The maximum atomic E-state index is 12.4. The fourth-order valence-corrected chi connectivity index (χ4v) is 3.72. The number of ether oxygens (including phenoxy) is 1. The number of aliphatic hydroxyl groups is 1. The summed E-state index contributed by atoms with van der Waals surface area (Å²) in [5.74, 6) is 0.233. The topological polar surface area (TPSA) is 75.6 Å². The van der Waals surface area contributed by atoms with E-state index >= 15 is 0 Å². The molecule has 0 fully saturated rings. The monoisotopic (exact) mass is 301 g/mol. The van der Waals surface area contributed by atoms with Crippen LogP contribution in [-0.2, 0) is 16.6 Å². The molecule has 0 aromatic heterocycles. The van der Waals surface area contributed by atoms with E-state index < -0.39 is 15.6 Å². The predicted molar refractivity (Wildman–Crippen MR) is 78.2 cm³/mol. The molecule has 5 nitrogen and oxygen atoms in total. The second-order valence-corrected chi connectivity index (χ2v) is 7.03. The van der Waals surface area contributed by atoms with Gasteiger partial charge in [0.2, 0.25) is 10.0 Å². The van der Waals surface area contributed by atoms with Crippen molar-refractivity contribution in [3.05, 3.63) is 23.8 Å². The Bertz CT molecular complexity index is 552. The Labute approximate surface area is 121 Å². The molecule has 114 valence electrons. The van der Waals surface area contributed by atoms with E-state index in [1.54, 1.807) is 6.07 Å². The fraction of sp³-hybridized carbons (Fsp3) is 0.571. The molecule has 0 amide bonds. The zero-order valence-electron chi connectivity index (χ0n) is 12.4. The zero-order chi connectivity index (χ0) is 15.4. The lowest BCUT2D eigenvalue weighted by Gasteiger charge is -2.26. The second-order valence-electron chi connectivity index (χ2n) is 5.38. The fourth-order valence-electron chi connectivity index (χ4n) is 2.13. The van der Waals surface area contributed by atoms with Crippen molar-refractivity contribution in [2.24, 2.45) is 0 Å². The SMILES string of the molecule is CCCC(C)(C)NS(=O)(=O)c1ccc(CO)cc1OC. The maximum Gasteiger partial charge on any atom is 0.244 e. The average molecular weight is 301 g/mol. The molecule has 0 aliphatic rings. The number of hydrogen-bond donors (Lipinski definition) is 2. The normalized spacial score (nSPS) is 12.4. The molecule has 0 aliphatic heterocycles. The summed E-state index contributed by atoms with van der Waals surface area (Å²) in [4.78, 5) is 0.0846. The van der Waals surface area contributed by atoms with E-state index in [0.717, 1.165) is 12.8 Å². The first-order chi connectivity index (χ1) is 9.25. The molecule has 0 saturated heterocycles. The molecule has 0 unspecified atom stereocenters. The number of rotatable bonds is 7. The summed E-state index contributed by atoms with van der Waals surface area (Å²) in [5.41, 5.74) is 0.0856. The van der Waals surface area contributed by atoms with Crippen LogP contribution < -0.4 is 9.46 Å². The first kappa shape index (κ1) is 16.9. The summed E-state index contributed by atoms with van der Waals surface area (Å²) in [6.45, 7) is 5.54. The van der Waals surface area contributed by atoms with Gasteiger partial charge in [-0.15, -0.1) is 0 Å². The van der Waals surface area contributed by atoms with Crippen LogP contribution in [0.25, 0.3) is 0 Å². The molecule has 1 aromatic rings. The third-order valence-electron chi connectivity index (χ3n) is 2.99. The number of aliphatic hydroxyl groups excluding tert-OH is 1. The maximum absolute atomic E-state index is 12.4. The molecule has 0 atom stereocenters. The molecule has 2 N–H and O–H groups in total. The summed E-state index contributed by atoms with van der Waals surface area (Å²) < 4.78 is 32.7. The van der Waals surface area contributed by atoms with Gasteiger partial charge in [-0.2, -0.15) is 0 Å². The first-order valence-electron chi connectivity index (χ1n) is 6.57. The van der Waals surface area contributed by atoms with Crippen LogP contribution in [0.5, 0.6) is 5.75 Å². The van der Waals surface area contributed by atoms with Gasteiger partial charge in [0.1, 0.15) is 10.6 Å². The molecule has 0 saturated carbocycles. The Morgan fingerprint density at radius 2 is 2.00 bits per heavy atom. The number of hydrogen-bond acceptors (Lipinski definition) is 4. The summed E-state index contributed by atoms with van der Waals surface area (Å²) in [5, 5.41) is 9.09. The minimum Gasteiger partial charge on any atom is -0.495 e. The third-order valence-corrected chi connectivity index (χ3v) is 4.72. The molecular formula is C14H23NO4S. The van der Waals surface area contributed by atoms with Gasteiger partial charge in [-0.3, -0.25) is 0 Å². The lowest BCUT2D eigenvalue weighted by atomic mass is 10.0. The Kier molecular flexibility index (Phi) is 5.56. The second kappa shape index (κ2) is 6.56. The van der Waals surface area contributed by atoms with Crippen molar-refractivity contribution in [1.82, 2.24) is 4.72 Å². The van der Waals surface area contributed by atoms with Gasteiger partial charge in [0.15, 0.2) is 0 Å². The van der Waals surface area contributed by atoms with Crippen LogP contribution in [0.15, 0.2) is 23.1 Å². The molecule has 20 heavy (non-hydrogen) atoms. The van der Waals surface area contributed by atoms with Crippen molar-refractivity contribution in [3.8, 4) is 5.75 Å². The van der Waals surface area contributed by atoms with Crippen molar-refractivity contribution in [2.45, 2.75) is 50.7 Å². The standard InChI is InChI=1S/C14H23NO4S/c1-5-8-14(2,3)15-20(17,18)13-7-6-11(10-16)9-12(13)19-4/h6-7,9,15-16H,5,8,10H2,1-4H3. The molecular weight excluding hydrogens is 278 g/mol. The van der Waals surface area contributed by atoms with E-state index in [1.807, 2.05) is 20.8 Å². The van der Waals surface area contributed by atoms with E-state index in [-0.39, 0.29) is 17.3 Å². The minimum absolute atomic E-state index is 0.0846. The van der Waals surface area contributed by atoms with Gasteiger partial charge >= 0.3 is 0 Å². The summed E-state index contributed by atoms with van der Waals surface area (Å²) in [6, 6.07) is 4.56. The smallest absolute Gasteiger partial charge is 0.244 e. The van der Waals surface area contributed by atoms with Gasteiger partial charge in [0, 0.05) is 5.54 Å². The molecule has 6 heteroatoms. The highest BCUT2D eigenvalue weighted by atomic mass is 32.2. The van der Waals surface area contributed by atoms with Crippen molar-refractivity contribution in [2.75, 3.05) is 7.11 Å². The third kappa shape index (κ3) is 4.19. The molecule has 0 radical (unpaired) electrons. The van der Waals surface area contributed by atoms with E-state index in [4.69, 9.17) is 9.84 Å². The highest BCUT2D eigenvalue weighted by Crippen LogP contribution is 2.26. The Hall–Kier alpha value is -1.11.